The summed E-state index contributed by atoms with van der Waals surface area (Å²) in [5.41, 5.74) is 0.269. The summed E-state index contributed by atoms with van der Waals surface area (Å²) in [4.78, 5) is 10.4. The zero-order chi connectivity index (χ0) is 16.1. The number of carboxylic acid groups (broad SMARTS) is 1. The third kappa shape index (κ3) is 7.62. The van der Waals surface area contributed by atoms with Crippen LogP contribution in [0.2, 0.25) is 0 Å². The van der Waals surface area contributed by atoms with E-state index < -0.39 is 5.97 Å². The van der Waals surface area contributed by atoms with Crippen LogP contribution in [0.1, 0.15) is 24.2 Å². The highest BCUT2D eigenvalue weighted by Gasteiger charge is 2.00. The number of methoxy groups -OCH3 is 2. The molecule has 2 aromatic carbocycles. The Hall–Kier alpha value is -2.49. The fourth-order valence-electron chi connectivity index (χ4n) is 1.29. The van der Waals surface area contributed by atoms with Crippen molar-refractivity contribution in [1.82, 2.24) is 0 Å². The van der Waals surface area contributed by atoms with E-state index in [2.05, 4.69) is 0 Å². The molecule has 0 radical (unpaired) electrons. The molecular weight excluding hydrogens is 268 g/mol. The number of aromatic carboxylic acids is 1. The number of carboxylic acids is 1. The summed E-state index contributed by atoms with van der Waals surface area (Å²) in [5, 5.41) is 8.51. The molecule has 0 atom stereocenters. The molecule has 0 saturated carbocycles. The van der Waals surface area contributed by atoms with Crippen LogP contribution in [-0.2, 0) is 0 Å². The molecule has 21 heavy (non-hydrogen) atoms. The van der Waals surface area contributed by atoms with Gasteiger partial charge >= 0.3 is 5.97 Å². The number of hydrogen-bond donors (Lipinski definition) is 1. The first-order valence-corrected chi connectivity index (χ1v) is 6.63. The lowest BCUT2D eigenvalue weighted by atomic mass is 10.2. The van der Waals surface area contributed by atoms with Crippen LogP contribution in [0.15, 0.2) is 54.6 Å². The van der Waals surface area contributed by atoms with Crippen LogP contribution < -0.4 is 9.47 Å². The summed E-state index contributed by atoms with van der Waals surface area (Å²) >= 11 is 0. The van der Waals surface area contributed by atoms with E-state index in [0.29, 0.717) is 5.75 Å². The maximum Gasteiger partial charge on any atom is 0.335 e. The molecule has 0 saturated heterocycles. The molecule has 4 heteroatoms. The maximum absolute atomic E-state index is 10.4. The Morgan fingerprint density at radius 1 is 0.810 bits per heavy atom. The van der Waals surface area contributed by atoms with Gasteiger partial charge in [0.05, 0.1) is 19.8 Å². The third-order valence-electron chi connectivity index (χ3n) is 2.32. The average Bonchev–Trinajstić information content (AvgIpc) is 2.58. The first-order valence-electron chi connectivity index (χ1n) is 6.63. The van der Waals surface area contributed by atoms with Gasteiger partial charge in [0.25, 0.3) is 0 Å². The van der Waals surface area contributed by atoms with Gasteiger partial charge in [-0.3, -0.25) is 0 Å². The van der Waals surface area contributed by atoms with Crippen molar-refractivity contribution in [3.63, 3.8) is 0 Å². The first kappa shape index (κ1) is 18.5. The molecule has 0 aliphatic heterocycles. The number of hydrogen-bond acceptors (Lipinski definition) is 3. The van der Waals surface area contributed by atoms with Crippen molar-refractivity contribution in [3.8, 4) is 11.5 Å². The Labute approximate surface area is 126 Å². The predicted molar refractivity (Wildman–Crippen MR) is 84.3 cm³/mol. The standard InChI is InChI=1S/C8H8O3.C7H8O.C2H6/c1-11-7-4-2-6(3-5-7)8(9)10;1-8-7-5-3-2-4-6-7;1-2/h2-5H,1H3,(H,9,10);2-6H,1H3;1-2H3. The highest BCUT2D eigenvalue weighted by molar-refractivity contribution is 5.87. The van der Waals surface area contributed by atoms with Crippen molar-refractivity contribution >= 4 is 5.97 Å². The summed E-state index contributed by atoms with van der Waals surface area (Å²) in [6, 6.07) is 15.9. The zero-order valence-corrected chi connectivity index (χ0v) is 12.9. The molecule has 0 unspecified atom stereocenters. The van der Waals surface area contributed by atoms with Gasteiger partial charge in [-0.15, -0.1) is 0 Å². The van der Waals surface area contributed by atoms with Crippen molar-refractivity contribution in [2.75, 3.05) is 14.2 Å². The van der Waals surface area contributed by atoms with E-state index in [4.69, 9.17) is 14.6 Å². The van der Waals surface area contributed by atoms with Crippen LogP contribution in [0.3, 0.4) is 0 Å². The lowest BCUT2D eigenvalue weighted by Gasteiger charge is -1.98. The van der Waals surface area contributed by atoms with Crippen molar-refractivity contribution in [2.45, 2.75) is 13.8 Å². The second-order valence-electron chi connectivity index (χ2n) is 3.55. The molecule has 0 spiro atoms. The van der Waals surface area contributed by atoms with E-state index >= 15 is 0 Å². The van der Waals surface area contributed by atoms with E-state index in [1.165, 1.54) is 19.2 Å². The third-order valence-corrected chi connectivity index (χ3v) is 2.32. The second-order valence-corrected chi connectivity index (χ2v) is 3.55. The van der Waals surface area contributed by atoms with E-state index in [1.54, 1.807) is 19.2 Å². The fourth-order valence-corrected chi connectivity index (χ4v) is 1.29. The molecule has 4 nitrogen and oxygen atoms in total. The van der Waals surface area contributed by atoms with E-state index in [9.17, 15) is 4.79 Å². The number of carbonyl (C=O) groups is 1. The Kier molecular flexibility index (Phi) is 10.0. The number of para-hydroxylation sites is 1. The predicted octanol–water partition coefficient (Wildman–Crippen LogP) is 4.11. The second kappa shape index (κ2) is 11.3. The molecule has 0 fully saturated rings. The van der Waals surface area contributed by atoms with Gasteiger partial charge in [0.15, 0.2) is 0 Å². The van der Waals surface area contributed by atoms with Crippen LogP contribution in [0.5, 0.6) is 11.5 Å². The fraction of sp³-hybridized carbons (Fsp3) is 0.235. The molecule has 0 aromatic heterocycles. The minimum atomic E-state index is -0.923. The Morgan fingerprint density at radius 2 is 1.24 bits per heavy atom. The van der Waals surface area contributed by atoms with Crippen LogP contribution in [-0.4, -0.2) is 25.3 Å². The van der Waals surface area contributed by atoms with Crippen molar-refractivity contribution in [2.24, 2.45) is 0 Å². The minimum absolute atomic E-state index is 0.269. The summed E-state index contributed by atoms with van der Waals surface area (Å²) in [6.45, 7) is 4.00. The van der Waals surface area contributed by atoms with E-state index in [0.717, 1.165) is 5.75 Å². The van der Waals surface area contributed by atoms with Gasteiger partial charge in [0, 0.05) is 0 Å². The summed E-state index contributed by atoms with van der Waals surface area (Å²) in [7, 11) is 3.20. The highest BCUT2D eigenvalue weighted by Crippen LogP contribution is 2.10. The van der Waals surface area contributed by atoms with Crippen LogP contribution in [0.4, 0.5) is 0 Å². The van der Waals surface area contributed by atoms with Crippen LogP contribution in [0.25, 0.3) is 0 Å². The van der Waals surface area contributed by atoms with Gasteiger partial charge in [-0.1, -0.05) is 32.0 Å². The Bertz CT molecular complexity index is 492. The lowest BCUT2D eigenvalue weighted by Crippen LogP contribution is -1.95. The van der Waals surface area contributed by atoms with E-state index in [-0.39, 0.29) is 5.56 Å². The molecule has 0 aliphatic carbocycles. The number of rotatable bonds is 3. The van der Waals surface area contributed by atoms with Gasteiger partial charge in [0.2, 0.25) is 0 Å². The number of ether oxygens (including phenoxy) is 2. The van der Waals surface area contributed by atoms with Crippen LogP contribution in [0, 0.1) is 0 Å². The van der Waals surface area contributed by atoms with Gasteiger partial charge < -0.3 is 14.6 Å². The summed E-state index contributed by atoms with van der Waals surface area (Å²) < 4.78 is 9.77. The van der Waals surface area contributed by atoms with Crippen molar-refractivity contribution in [3.05, 3.63) is 60.2 Å². The largest absolute Gasteiger partial charge is 0.497 e. The summed E-state index contributed by atoms with van der Waals surface area (Å²) in [5.74, 6) is 0.648. The lowest BCUT2D eigenvalue weighted by molar-refractivity contribution is 0.0697. The average molecular weight is 290 g/mol. The molecule has 2 rings (SSSR count). The van der Waals surface area contributed by atoms with Gasteiger partial charge in [-0.05, 0) is 36.4 Å². The monoisotopic (exact) mass is 290 g/mol. The molecule has 1 N–H and O–H groups in total. The van der Waals surface area contributed by atoms with Crippen LogP contribution >= 0.6 is 0 Å². The molecular formula is C17H22O4. The topological polar surface area (TPSA) is 55.8 Å². The molecule has 0 amide bonds. The van der Waals surface area contributed by atoms with Gasteiger partial charge in [0.1, 0.15) is 11.5 Å². The Morgan fingerprint density at radius 3 is 1.57 bits per heavy atom. The smallest absolute Gasteiger partial charge is 0.335 e. The first-order chi connectivity index (χ1) is 10.2. The molecule has 0 aliphatic rings. The molecule has 0 heterocycles. The molecule has 114 valence electrons. The van der Waals surface area contributed by atoms with Gasteiger partial charge in [-0.25, -0.2) is 4.79 Å². The van der Waals surface area contributed by atoms with Crippen molar-refractivity contribution < 1.29 is 19.4 Å². The molecule has 2 aromatic rings. The zero-order valence-electron chi connectivity index (χ0n) is 12.9. The normalized spacial score (nSPS) is 8.38. The SMILES string of the molecule is CC.COc1ccc(C(=O)O)cc1.COc1ccccc1. The van der Waals surface area contributed by atoms with Gasteiger partial charge in [-0.2, -0.15) is 0 Å². The van der Waals surface area contributed by atoms with E-state index in [1.807, 2.05) is 44.2 Å². The minimum Gasteiger partial charge on any atom is -0.497 e. The number of benzene rings is 2. The summed E-state index contributed by atoms with van der Waals surface area (Å²) in [6.07, 6.45) is 0. The van der Waals surface area contributed by atoms with Crippen molar-refractivity contribution in [1.29, 1.82) is 0 Å². The molecule has 0 bridgehead atoms. The highest BCUT2D eigenvalue weighted by atomic mass is 16.5. The maximum atomic E-state index is 10.4. The quantitative estimate of drug-likeness (QED) is 0.924. The Balaban J connectivity index is 0.000000354.